The monoisotopic (exact) mass is 274 g/mol. The standard InChI is InChI=1S/C8H11.C5H5.C2H3O.Co/c1-2-4-6-8-7-5-3-1;1-2-4-5-3-1;1-2-3;/h1-3H,4,6-8H2;1-3H,4H2;1H3;/q3*-1;+3. The Bertz CT molecular complexity index is 238. The van der Waals surface area contributed by atoms with Crippen LogP contribution in [0.5, 0.6) is 0 Å². The van der Waals surface area contributed by atoms with Gasteiger partial charge >= 0.3 is 16.8 Å². The van der Waals surface area contributed by atoms with Gasteiger partial charge in [0.25, 0.3) is 0 Å². The molecule has 0 spiro atoms. The van der Waals surface area contributed by atoms with Crippen molar-refractivity contribution < 1.29 is 21.6 Å². The van der Waals surface area contributed by atoms with Gasteiger partial charge in [-0.25, -0.2) is 24.3 Å². The van der Waals surface area contributed by atoms with Gasteiger partial charge in [-0.15, -0.1) is 12.8 Å². The van der Waals surface area contributed by atoms with Gasteiger partial charge in [0, 0.05) is 0 Å². The van der Waals surface area contributed by atoms with E-state index >= 15 is 0 Å². The number of carbonyl (C=O) groups excluding carboxylic acids is 1. The first-order valence-electron chi connectivity index (χ1n) is 5.64. The molecule has 0 fully saturated rings. The Labute approximate surface area is 116 Å². The third kappa shape index (κ3) is 17.7. The minimum Gasteiger partial charge on any atom is -0.542 e. The van der Waals surface area contributed by atoms with Crippen molar-refractivity contribution in [3.05, 3.63) is 48.6 Å². The van der Waals surface area contributed by atoms with E-state index in [2.05, 4.69) is 30.4 Å². The molecule has 0 heterocycles. The van der Waals surface area contributed by atoms with Crippen LogP contribution in [0, 0.1) is 12.2 Å². The Morgan fingerprint density at radius 2 is 1.71 bits per heavy atom. The van der Waals surface area contributed by atoms with Crippen molar-refractivity contribution in [2.45, 2.75) is 39.0 Å². The smallest absolute Gasteiger partial charge is 0.542 e. The minimum absolute atomic E-state index is 0. The van der Waals surface area contributed by atoms with E-state index in [9.17, 15) is 0 Å². The zero-order valence-electron chi connectivity index (χ0n) is 10.2. The summed E-state index contributed by atoms with van der Waals surface area (Å²) in [6.07, 6.45) is 26.0. The normalized spacial score (nSPS) is 15.4. The largest absolute Gasteiger partial charge is 3.00 e. The fraction of sp³-hybridized carbons (Fsp3) is 0.400. The molecule has 0 aromatic carbocycles. The quantitative estimate of drug-likeness (QED) is 0.612. The molecular weight excluding hydrogens is 255 g/mol. The second-order valence-electron chi connectivity index (χ2n) is 3.25. The Kier molecular flexibility index (Phi) is 19.1. The van der Waals surface area contributed by atoms with Gasteiger partial charge in [-0.2, -0.15) is 19.1 Å². The fourth-order valence-electron chi connectivity index (χ4n) is 1.15. The van der Waals surface area contributed by atoms with Crippen molar-refractivity contribution >= 4 is 6.29 Å². The maximum absolute atomic E-state index is 8.68. The van der Waals surface area contributed by atoms with Crippen LogP contribution in [0.1, 0.15) is 39.0 Å². The second-order valence-corrected chi connectivity index (χ2v) is 3.25. The number of hydrogen-bond acceptors (Lipinski definition) is 1. The zero-order valence-corrected chi connectivity index (χ0v) is 11.3. The molecule has 0 amide bonds. The molecule has 0 bridgehead atoms. The molecule has 0 unspecified atom stereocenters. The molecule has 0 atom stereocenters. The summed E-state index contributed by atoms with van der Waals surface area (Å²) in [5, 5.41) is 0. The molecule has 17 heavy (non-hydrogen) atoms. The van der Waals surface area contributed by atoms with Crippen molar-refractivity contribution in [3.63, 3.8) is 0 Å². The molecule has 94 valence electrons. The molecule has 0 aromatic rings. The van der Waals surface area contributed by atoms with E-state index in [4.69, 9.17) is 4.79 Å². The van der Waals surface area contributed by atoms with Crippen LogP contribution < -0.4 is 0 Å². The third-order valence-corrected chi connectivity index (χ3v) is 1.88. The van der Waals surface area contributed by atoms with E-state index < -0.39 is 0 Å². The topological polar surface area (TPSA) is 17.1 Å². The maximum atomic E-state index is 8.68. The van der Waals surface area contributed by atoms with Gasteiger partial charge in [-0.1, -0.05) is 19.3 Å². The molecule has 2 heteroatoms. The van der Waals surface area contributed by atoms with Crippen LogP contribution >= 0.6 is 0 Å². The first kappa shape index (κ1) is 18.5. The van der Waals surface area contributed by atoms with Gasteiger partial charge in [0.05, 0.1) is 0 Å². The summed E-state index contributed by atoms with van der Waals surface area (Å²) in [7, 11) is 0. The van der Waals surface area contributed by atoms with E-state index in [0.717, 1.165) is 12.8 Å². The number of rotatable bonds is 0. The maximum Gasteiger partial charge on any atom is 3.00 e. The Morgan fingerprint density at radius 1 is 1.06 bits per heavy atom. The van der Waals surface area contributed by atoms with Crippen molar-refractivity contribution in [1.82, 2.24) is 0 Å². The van der Waals surface area contributed by atoms with E-state index in [-0.39, 0.29) is 16.8 Å². The van der Waals surface area contributed by atoms with Crippen LogP contribution in [0.15, 0.2) is 36.5 Å². The Morgan fingerprint density at radius 3 is 2.24 bits per heavy atom. The molecule has 1 nitrogen and oxygen atoms in total. The molecule has 0 aromatic heterocycles. The average molecular weight is 274 g/mol. The van der Waals surface area contributed by atoms with Gasteiger partial charge in [0.2, 0.25) is 0 Å². The fourth-order valence-corrected chi connectivity index (χ4v) is 1.15. The Balaban J connectivity index is 0. The summed E-state index contributed by atoms with van der Waals surface area (Å²) in [5.41, 5.74) is 0. The summed E-state index contributed by atoms with van der Waals surface area (Å²) in [4.78, 5) is 8.68. The summed E-state index contributed by atoms with van der Waals surface area (Å²) < 4.78 is 0. The summed E-state index contributed by atoms with van der Waals surface area (Å²) in [6.45, 7) is 1.32. The van der Waals surface area contributed by atoms with Gasteiger partial charge in [-0.3, -0.25) is 18.4 Å². The van der Waals surface area contributed by atoms with Crippen LogP contribution in [0.25, 0.3) is 0 Å². The predicted molar refractivity (Wildman–Crippen MR) is 68.4 cm³/mol. The molecule has 0 saturated carbocycles. The molecular formula is C15H19CoO. The van der Waals surface area contributed by atoms with E-state index in [1.165, 1.54) is 32.5 Å². The van der Waals surface area contributed by atoms with Gasteiger partial charge < -0.3 is 4.79 Å². The van der Waals surface area contributed by atoms with Crippen LogP contribution in [0.4, 0.5) is 0 Å². The van der Waals surface area contributed by atoms with Crippen molar-refractivity contribution in [3.8, 4) is 0 Å². The minimum atomic E-state index is 0. The number of allylic oxidation sites excluding steroid dienone is 8. The zero-order chi connectivity index (χ0) is 11.9. The van der Waals surface area contributed by atoms with Gasteiger partial charge in [0.15, 0.2) is 0 Å². The number of hydrogen-bond donors (Lipinski definition) is 0. The second kappa shape index (κ2) is 17.5. The molecule has 2 aliphatic rings. The van der Waals surface area contributed by atoms with Crippen LogP contribution in [0.3, 0.4) is 0 Å². The van der Waals surface area contributed by atoms with Crippen LogP contribution in [-0.4, -0.2) is 6.29 Å². The molecule has 0 saturated heterocycles. The van der Waals surface area contributed by atoms with Crippen molar-refractivity contribution in [1.29, 1.82) is 0 Å². The summed E-state index contributed by atoms with van der Waals surface area (Å²) in [6, 6.07) is 0. The first-order valence-corrected chi connectivity index (χ1v) is 5.64. The molecule has 2 rings (SSSR count). The van der Waals surface area contributed by atoms with E-state index in [1.54, 1.807) is 0 Å². The molecule has 0 N–H and O–H groups in total. The molecule has 2 aliphatic carbocycles. The molecule has 0 radical (unpaired) electrons. The summed E-state index contributed by atoms with van der Waals surface area (Å²) >= 11 is 0. The third-order valence-electron chi connectivity index (χ3n) is 1.88. The molecule has 0 aliphatic heterocycles. The van der Waals surface area contributed by atoms with Gasteiger partial charge in [0.1, 0.15) is 0 Å². The summed E-state index contributed by atoms with van der Waals surface area (Å²) in [5.74, 6) is 0. The predicted octanol–water partition coefficient (Wildman–Crippen LogP) is 3.90. The van der Waals surface area contributed by atoms with Crippen LogP contribution in [-0.2, 0) is 21.6 Å². The van der Waals surface area contributed by atoms with Crippen molar-refractivity contribution in [2.75, 3.05) is 0 Å². The van der Waals surface area contributed by atoms with E-state index in [1.807, 2.05) is 18.2 Å². The average Bonchev–Trinajstić information content (AvgIpc) is 2.74. The van der Waals surface area contributed by atoms with Gasteiger partial charge in [-0.05, 0) is 0 Å². The van der Waals surface area contributed by atoms with Crippen LogP contribution in [0.2, 0.25) is 0 Å². The SMILES string of the molecule is C[C-]=O.[C-]1=CC=CC1.[C-]1=CC=CCCCC1.[Co+3]. The van der Waals surface area contributed by atoms with Crippen molar-refractivity contribution in [2.24, 2.45) is 0 Å². The Hall–Kier alpha value is -0.864. The first-order chi connectivity index (χ1) is 7.91. The van der Waals surface area contributed by atoms with E-state index in [0.29, 0.717) is 0 Å².